The highest BCUT2D eigenvalue weighted by molar-refractivity contribution is 5.78. The summed E-state index contributed by atoms with van der Waals surface area (Å²) in [5.41, 5.74) is -0.580. The predicted octanol–water partition coefficient (Wildman–Crippen LogP) is 1.71. The third-order valence-electron chi connectivity index (χ3n) is 3.09. The van der Waals surface area contributed by atoms with Gasteiger partial charge in [0.25, 0.3) is 0 Å². The first-order valence-corrected chi connectivity index (χ1v) is 5.14. The predicted molar refractivity (Wildman–Crippen MR) is 57.8 cm³/mol. The van der Waals surface area contributed by atoms with Crippen molar-refractivity contribution in [2.24, 2.45) is 5.41 Å². The van der Waals surface area contributed by atoms with E-state index in [0.717, 1.165) is 0 Å². The number of nitro groups is 1. The summed E-state index contributed by atoms with van der Waals surface area (Å²) in [4.78, 5) is 20.9. The van der Waals surface area contributed by atoms with E-state index in [0.29, 0.717) is 18.4 Å². The number of hydrogen-bond donors (Lipinski definition) is 2. The minimum Gasteiger partial charge on any atom is -0.502 e. The van der Waals surface area contributed by atoms with Crippen LogP contribution in [0.1, 0.15) is 18.4 Å². The fourth-order valence-corrected chi connectivity index (χ4v) is 1.83. The molecule has 6 heteroatoms. The third kappa shape index (κ3) is 2.06. The maximum atomic E-state index is 11.0. The summed E-state index contributed by atoms with van der Waals surface area (Å²) in [5.74, 6) is -1.27. The number of nitrogens with zero attached hydrogens (tertiary/aromatic N) is 1. The lowest BCUT2D eigenvalue weighted by atomic mass is 9.96. The molecule has 1 aliphatic rings. The van der Waals surface area contributed by atoms with E-state index in [2.05, 4.69) is 0 Å². The Bertz CT molecular complexity index is 493. The zero-order valence-electron chi connectivity index (χ0n) is 8.92. The Hall–Kier alpha value is -2.11. The Labute approximate surface area is 96.7 Å². The topological polar surface area (TPSA) is 101 Å². The second-order valence-electron chi connectivity index (χ2n) is 4.34. The van der Waals surface area contributed by atoms with Gasteiger partial charge in [0.15, 0.2) is 5.75 Å². The number of aliphatic carboxylic acids is 1. The number of carbonyl (C=O) groups is 1. The number of carboxylic acid groups (broad SMARTS) is 1. The van der Waals surface area contributed by atoms with E-state index in [9.17, 15) is 20.0 Å². The van der Waals surface area contributed by atoms with Crippen LogP contribution in [0, 0.1) is 15.5 Å². The van der Waals surface area contributed by atoms with Crippen molar-refractivity contribution in [3.05, 3.63) is 33.9 Å². The Kier molecular flexibility index (Phi) is 2.49. The van der Waals surface area contributed by atoms with Gasteiger partial charge in [0.2, 0.25) is 0 Å². The highest BCUT2D eigenvalue weighted by atomic mass is 16.6. The van der Waals surface area contributed by atoms with Gasteiger partial charge in [-0.05, 0) is 30.9 Å². The van der Waals surface area contributed by atoms with Crippen molar-refractivity contribution in [1.29, 1.82) is 0 Å². The zero-order valence-corrected chi connectivity index (χ0v) is 8.92. The van der Waals surface area contributed by atoms with E-state index < -0.39 is 22.1 Å². The number of phenols is 1. The molecule has 0 bridgehead atoms. The molecule has 1 aromatic rings. The molecule has 0 aliphatic heterocycles. The van der Waals surface area contributed by atoms with Gasteiger partial charge in [0, 0.05) is 6.07 Å². The molecular weight excluding hydrogens is 226 g/mol. The molecule has 17 heavy (non-hydrogen) atoms. The van der Waals surface area contributed by atoms with Crippen molar-refractivity contribution in [3.63, 3.8) is 0 Å². The van der Waals surface area contributed by atoms with Crippen molar-refractivity contribution in [2.75, 3.05) is 0 Å². The van der Waals surface area contributed by atoms with Crippen molar-refractivity contribution in [3.8, 4) is 5.75 Å². The molecule has 1 aliphatic carbocycles. The summed E-state index contributed by atoms with van der Waals surface area (Å²) in [7, 11) is 0. The maximum Gasteiger partial charge on any atom is 0.310 e. The van der Waals surface area contributed by atoms with Crippen LogP contribution in [0.3, 0.4) is 0 Å². The zero-order chi connectivity index (χ0) is 12.6. The van der Waals surface area contributed by atoms with Gasteiger partial charge in [0.05, 0.1) is 10.3 Å². The van der Waals surface area contributed by atoms with Crippen LogP contribution in [-0.2, 0) is 11.2 Å². The quantitative estimate of drug-likeness (QED) is 0.613. The van der Waals surface area contributed by atoms with Crippen LogP contribution in [0.25, 0.3) is 0 Å². The first-order valence-electron chi connectivity index (χ1n) is 5.14. The number of benzene rings is 1. The molecule has 6 nitrogen and oxygen atoms in total. The Morgan fingerprint density at radius 2 is 2.12 bits per heavy atom. The molecule has 2 rings (SSSR count). The smallest absolute Gasteiger partial charge is 0.310 e. The van der Waals surface area contributed by atoms with Gasteiger partial charge >= 0.3 is 11.7 Å². The maximum absolute atomic E-state index is 11.0. The second kappa shape index (κ2) is 3.73. The van der Waals surface area contributed by atoms with Crippen LogP contribution >= 0.6 is 0 Å². The van der Waals surface area contributed by atoms with E-state index in [1.54, 1.807) is 0 Å². The molecule has 0 spiro atoms. The van der Waals surface area contributed by atoms with E-state index >= 15 is 0 Å². The first-order chi connectivity index (χ1) is 7.94. The monoisotopic (exact) mass is 237 g/mol. The molecule has 0 amide bonds. The van der Waals surface area contributed by atoms with E-state index in [-0.39, 0.29) is 12.1 Å². The minimum atomic E-state index is -0.867. The molecule has 1 aromatic carbocycles. The first kappa shape index (κ1) is 11.4. The molecule has 1 saturated carbocycles. The molecule has 0 aromatic heterocycles. The lowest BCUT2D eigenvalue weighted by molar-refractivity contribution is -0.385. The van der Waals surface area contributed by atoms with Gasteiger partial charge in [0.1, 0.15) is 0 Å². The van der Waals surface area contributed by atoms with Gasteiger partial charge in [-0.1, -0.05) is 6.07 Å². The van der Waals surface area contributed by atoms with E-state index in [4.69, 9.17) is 5.11 Å². The Morgan fingerprint density at radius 3 is 2.59 bits per heavy atom. The molecule has 0 atom stereocenters. The molecule has 2 N–H and O–H groups in total. The van der Waals surface area contributed by atoms with Gasteiger partial charge in [-0.2, -0.15) is 0 Å². The highest BCUT2D eigenvalue weighted by Gasteiger charge is 2.50. The lowest BCUT2D eigenvalue weighted by Gasteiger charge is -2.09. The largest absolute Gasteiger partial charge is 0.502 e. The average molecular weight is 237 g/mol. The fourth-order valence-electron chi connectivity index (χ4n) is 1.83. The molecule has 0 heterocycles. The van der Waals surface area contributed by atoms with Crippen LogP contribution in [0.4, 0.5) is 5.69 Å². The Balaban J connectivity index is 2.26. The van der Waals surface area contributed by atoms with Crippen molar-refractivity contribution in [1.82, 2.24) is 0 Å². The van der Waals surface area contributed by atoms with Crippen molar-refractivity contribution >= 4 is 11.7 Å². The van der Waals surface area contributed by atoms with Crippen LogP contribution in [0.2, 0.25) is 0 Å². The van der Waals surface area contributed by atoms with E-state index in [1.165, 1.54) is 18.2 Å². The highest BCUT2D eigenvalue weighted by Crippen LogP contribution is 2.49. The van der Waals surface area contributed by atoms with E-state index in [1.807, 2.05) is 0 Å². The standard InChI is InChI=1S/C11H11NO5/c13-9-2-1-7(5-8(9)12(16)17)6-11(3-4-11)10(14)15/h1-2,5,13H,3-4,6H2,(H,14,15). The fraction of sp³-hybridized carbons (Fsp3) is 0.364. The number of phenolic OH excluding ortho intramolecular Hbond substituents is 1. The summed E-state index contributed by atoms with van der Waals surface area (Å²) < 4.78 is 0. The number of rotatable bonds is 4. The molecule has 90 valence electrons. The van der Waals surface area contributed by atoms with Crippen LogP contribution in [-0.4, -0.2) is 21.1 Å². The van der Waals surface area contributed by atoms with Crippen LogP contribution < -0.4 is 0 Å². The van der Waals surface area contributed by atoms with Crippen molar-refractivity contribution < 1.29 is 19.9 Å². The van der Waals surface area contributed by atoms with Crippen LogP contribution in [0.5, 0.6) is 5.75 Å². The summed E-state index contributed by atoms with van der Waals surface area (Å²) in [5, 5.41) is 28.9. The van der Waals surface area contributed by atoms with Crippen molar-refractivity contribution in [2.45, 2.75) is 19.3 Å². The number of nitro benzene ring substituents is 1. The number of carboxylic acids is 1. The molecule has 0 unspecified atom stereocenters. The van der Waals surface area contributed by atoms with Gasteiger partial charge in [-0.15, -0.1) is 0 Å². The SMILES string of the molecule is O=C(O)C1(Cc2ccc(O)c([N+](=O)[O-])c2)CC1. The Morgan fingerprint density at radius 1 is 1.47 bits per heavy atom. The summed E-state index contributed by atoms with van der Waals surface area (Å²) >= 11 is 0. The van der Waals surface area contributed by atoms with Gasteiger partial charge in [-0.3, -0.25) is 14.9 Å². The lowest BCUT2D eigenvalue weighted by Crippen LogP contribution is -2.17. The van der Waals surface area contributed by atoms with Gasteiger partial charge in [-0.25, -0.2) is 0 Å². The van der Waals surface area contributed by atoms with Gasteiger partial charge < -0.3 is 10.2 Å². The molecule has 1 fully saturated rings. The second-order valence-corrected chi connectivity index (χ2v) is 4.34. The summed E-state index contributed by atoms with van der Waals surface area (Å²) in [6.07, 6.45) is 1.46. The minimum absolute atomic E-state index is 0.267. The summed E-state index contributed by atoms with van der Waals surface area (Å²) in [6, 6.07) is 3.98. The molecule has 0 radical (unpaired) electrons. The molecule has 0 saturated heterocycles. The number of aromatic hydroxyl groups is 1. The summed E-state index contributed by atoms with van der Waals surface area (Å²) in [6.45, 7) is 0. The third-order valence-corrected chi connectivity index (χ3v) is 3.09. The van der Waals surface area contributed by atoms with Crippen LogP contribution in [0.15, 0.2) is 18.2 Å². The number of hydrogen-bond acceptors (Lipinski definition) is 4. The normalized spacial score (nSPS) is 16.5. The average Bonchev–Trinajstić information content (AvgIpc) is 3.01. The molecular formula is C11H11NO5.